The Kier molecular flexibility index (Phi) is 6.27. The number of likely N-dealkylation sites (tertiary alicyclic amines) is 1. The Morgan fingerprint density at radius 1 is 1.18 bits per heavy atom. The molecule has 3 saturated heterocycles. The van der Waals surface area contributed by atoms with Gasteiger partial charge in [-0.05, 0) is 55.7 Å². The molecule has 3 heterocycles. The molecule has 1 aromatic rings. The summed E-state index contributed by atoms with van der Waals surface area (Å²) >= 11 is 0. The van der Waals surface area contributed by atoms with Gasteiger partial charge in [0.15, 0.2) is 0 Å². The summed E-state index contributed by atoms with van der Waals surface area (Å²) in [7, 11) is 0. The van der Waals surface area contributed by atoms with Gasteiger partial charge in [-0.2, -0.15) is 18.4 Å². The van der Waals surface area contributed by atoms with Gasteiger partial charge in [0.2, 0.25) is 11.8 Å². The molecule has 2 amide bonds. The Hall–Kier alpha value is -2.80. The normalized spacial score (nSPS) is 23.5. The number of hydrogen-bond acceptors (Lipinski definition) is 5. The fourth-order valence-corrected chi connectivity index (χ4v) is 5.38. The zero-order chi connectivity index (χ0) is 23.8. The van der Waals surface area contributed by atoms with E-state index in [1.54, 1.807) is 11.0 Å². The number of primary amides is 1. The van der Waals surface area contributed by atoms with E-state index in [9.17, 15) is 22.8 Å². The second kappa shape index (κ2) is 8.86. The molecule has 7 nitrogen and oxygen atoms in total. The molecule has 3 fully saturated rings. The number of rotatable bonds is 3. The number of hydrogen-bond donors (Lipinski definition) is 1. The number of nitrogens with two attached hydrogens (primary N) is 1. The SMILES string of the molecule is N#Cc1ccc(N2CCC3(CC2)CC(C(N)=O)N(C(=O)C2CCOCC2)C3)cc1C(F)(F)F. The minimum Gasteiger partial charge on any atom is -0.381 e. The highest BCUT2D eigenvalue weighted by molar-refractivity contribution is 5.88. The van der Waals surface area contributed by atoms with E-state index in [1.165, 1.54) is 12.1 Å². The first-order chi connectivity index (χ1) is 15.6. The lowest BCUT2D eigenvalue weighted by atomic mass is 9.76. The van der Waals surface area contributed by atoms with Crippen molar-refractivity contribution >= 4 is 17.5 Å². The monoisotopic (exact) mass is 464 g/mol. The number of anilines is 1. The molecule has 0 aromatic heterocycles. The number of amides is 2. The maximum absolute atomic E-state index is 13.4. The molecule has 1 unspecified atom stereocenters. The van der Waals surface area contributed by atoms with Crippen molar-refractivity contribution in [2.24, 2.45) is 17.1 Å². The predicted molar refractivity (Wildman–Crippen MR) is 113 cm³/mol. The van der Waals surface area contributed by atoms with Gasteiger partial charge in [0.05, 0.1) is 17.2 Å². The second-order valence-electron chi connectivity index (χ2n) is 9.30. The van der Waals surface area contributed by atoms with Crippen LogP contribution in [0.5, 0.6) is 0 Å². The first-order valence-electron chi connectivity index (χ1n) is 11.2. The number of halogens is 3. The average molecular weight is 464 g/mol. The molecule has 0 aliphatic carbocycles. The van der Waals surface area contributed by atoms with Crippen LogP contribution < -0.4 is 10.6 Å². The Morgan fingerprint density at radius 2 is 1.85 bits per heavy atom. The fourth-order valence-electron chi connectivity index (χ4n) is 5.38. The molecule has 0 bridgehead atoms. The van der Waals surface area contributed by atoms with E-state index in [4.69, 9.17) is 15.7 Å². The molecule has 0 radical (unpaired) electrons. The topological polar surface area (TPSA) is 99.7 Å². The van der Waals surface area contributed by atoms with Gasteiger partial charge in [-0.15, -0.1) is 0 Å². The lowest BCUT2D eigenvalue weighted by Gasteiger charge is -2.40. The van der Waals surface area contributed by atoms with Crippen molar-refractivity contribution in [2.45, 2.75) is 44.3 Å². The van der Waals surface area contributed by atoms with Crippen LogP contribution in [-0.4, -0.2) is 55.6 Å². The fraction of sp³-hybridized carbons (Fsp3) is 0.609. The van der Waals surface area contributed by atoms with Gasteiger partial charge in [0.25, 0.3) is 0 Å². The van der Waals surface area contributed by atoms with E-state index < -0.39 is 29.3 Å². The Labute approximate surface area is 190 Å². The summed E-state index contributed by atoms with van der Waals surface area (Å²) in [5, 5.41) is 9.02. The summed E-state index contributed by atoms with van der Waals surface area (Å²) < 4.78 is 45.4. The molecule has 178 valence electrons. The molecule has 0 saturated carbocycles. The van der Waals surface area contributed by atoms with Crippen LogP contribution in [0.3, 0.4) is 0 Å². The number of nitriles is 1. The highest BCUT2D eigenvalue weighted by Gasteiger charge is 2.50. The van der Waals surface area contributed by atoms with E-state index >= 15 is 0 Å². The number of carbonyl (C=O) groups is 2. The van der Waals surface area contributed by atoms with E-state index in [-0.39, 0.29) is 17.2 Å². The summed E-state index contributed by atoms with van der Waals surface area (Å²) in [6, 6.07) is 4.71. The zero-order valence-corrected chi connectivity index (χ0v) is 18.2. The molecular weight excluding hydrogens is 437 g/mol. The van der Waals surface area contributed by atoms with Crippen molar-refractivity contribution in [3.05, 3.63) is 29.3 Å². The van der Waals surface area contributed by atoms with Crippen molar-refractivity contribution in [3.8, 4) is 6.07 Å². The second-order valence-corrected chi connectivity index (χ2v) is 9.30. The number of benzene rings is 1. The van der Waals surface area contributed by atoms with Crippen molar-refractivity contribution in [3.63, 3.8) is 0 Å². The van der Waals surface area contributed by atoms with Crippen LogP contribution in [0.25, 0.3) is 0 Å². The van der Waals surface area contributed by atoms with Gasteiger partial charge in [-0.25, -0.2) is 0 Å². The van der Waals surface area contributed by atoms with Gasteiger partial charge in [-0.1, -0.05) is 0 Å². The average Bonchev–Trinajstić information content (AvgIpc) is 3.18. The summed E-state index contributed by atoms with van der Waals surface area (Å²) in [6.45, 7) is 2.47. The standard InChI is InChI=1S/C23H27F3N4O3/c24-23(25,26)18-11-17(2-1-16(18)13-27)29-7-5-22(6-8-29)12-19(20(28)31)30(14-22)21(32)15-3-9-33-10-4-15/h1-2,11,15,19H,3-10,12,14H2,(H2,28,31). The van der Waals surface area contributed by atoms with Crippen LogP contribution in [0.2, 0.25) is 0 Å². The maximum Gasteiger partial charge on any atom is 0.417 e. The summed E-state index contributed by atoms with van der Waals surface area (Å²) in [5.41, 5.74) is 4.44. The van der Waals surface area contributed by atoms with E-state index in [0.29, 0.717) is 70.6 Å². The quantitative estimate of drug-likeness (QED) is 0.742. The van der Waals surface area contributed by atoms with Gasteiger partial charge in [-0.3, -0.25) is 9.59 Å². The minimum atomic E-state index is -4.61. The molecular formula is C23H27F3N4O3. The number of piperidine rings is 1. The third kappa shape index (κ3) is 4.64. The zero-order valence-electron chi connectivity index (χ0n) is 18.2. The van der Waals surface area contributed by atoms with Crippen molar-refractivity contribution in [2.75, 3.05) is 37.7 Å². The van der Waals surface area contributed by atoms with Crippen LogP contribution in [0.15, 0.2) is 18.2 Å². The number of carbonyl (C=O) groups excluding carboxylic acids is 2. The molecule has 10 heteroatoms. The Bertz CT molecular complexity index is 961. The molecule has 3 aliphatic heterocycles. The summed E-state index contributed by atoms with van der Waals surface area (Å²) in [6.07, 6.45) is -1.61. The lowest BCUT2D eigenvalue weighted by molar-refractivity contribution is -0.143. The minimum absolute atomic E-state index is 0.0525. The van der Waals surface area contributed by atoms with Crippen LogP contribution in [0.4, 0.5) is 18.9 Å². The molecule has 1 aromatic carbocycles. The van der Waals surface area contributed by atoms with Gasteiger partial charge >= 0.3 is 6.18 Å². The van der Waals surface area contributed by atoms with Crippen LogP contribution >= 0.6 is 0 Å². The Morgan fingerprint density at radius 3 is 2.42 bits per heavy atom. The molecule has 4 rings (SSSR count). The first-order valence-corrected chi connectivity index (χ1v) is 11.2. The van der Waals surface area contributed by atoms with E-state index in [1.807, 2.05) is 4.90 Å². The molecule has 2 N–H and O–H groups in total. The smallest absolute Gasteiger partial charge is 0.381 e. The van der Waals surface area contributed by atoms with Gasteiger partial charge < -0.3 is 20.3 Å². The van der Waals surface area contributed by atoms with Gasteiger partial charge in [0.1, 0.15) is 6.04 Å². The van der Waals surface area contributed by atoms with Crippen LogP contribution in [-0.2, 0) is 20.5 Å². The molecule has 3 aliphatic rings. The Balaban J connectivity index is 1.48. The summed E-state index contributed by atoms with van der Waals surface area (Å²) in [4.78, 5) is 28.8. The van der Waals surface area contributed by atoms with Crippen molar-refractivity contribution in [1.29, 1.82) is 5.26 Å². The van der Waals surface area contributed by atoms with E-state index in [2.05, 4.69) is 0 Å². The predicted octanol–water partition coefficient (Wildman–Crippen LogP) is 2.68. The largest absolute Gasteiger partial charge is 0.417 e. The molecule has 1 spiro atoms. The molecule has 33 heavy (non-hydrogen) atoms. The maximum atomic E-state index is 13.4. The number of alkyl halides is 3. The highest BCUT2D eigenvalue weighted by Crippen LogP contribution is 2.45. The first kappa shape index (κ1) is 23.4. The number of nitrogens with zero attached hydrogens (tertiary/aromatic N) is 3. The van der Waals surface area contributed by atoms with Crippen molar-refractivity contribution < 1.29 is 27.5 Å². The van der Waals surface area contributed by atoms with E-state index in [0.717, 1.165) is 6.07 Å². The van der Waals surface area contributed by atoms with Gasteiger partial charge in [0, 0.05) is 44.5 Å². The van der Waals surface area contributed by atoms with Crippen molar-refractivity contribution in [1.82, 2.24) is 4.90 Å². The van der Waals surface area contributed by atoms with Crippen LogP contribution in [0, 0.1) is 22.7 Å². The lowest BCUT2D eigenvalue weighted by Crippen LogP contribution is -2.47. The van der Waals surface area contributed by atoms with Crippen LogP contribution in [0.1, 0.15) is 43.2 Å². The highest BCUT2D eigenvalue weighted by atomic mass is 19.4. The molecule has 1 atom stereocenters. The third-order valence-electron chi connectivity index (χ3n) is 7.31. The number of ether oxygens (including phenoxy) is 1. The third-order valence-corrected chi connectivity index (χ3v) is 7.31. The summed E-state index contributed by atoms with van der Waals surface area (Å²) in [5.74, 6) is -0.741.